The second kappa shape index (κ2) is 10.2. The van der Waals surface area contributed by atoms with Crippen LogP contribution >= 0.6 is 22.9 Å². The summed E-state index contributed by atoms with van der Waals surface area (Å²) in [5.74, 6) is -1.77. The Morgan fingerprint density at radius 1 is 1.00 bits per heavy atom. The van der Waals surface area contributed by atoms with Crippen molar-refractivity contribution in [1.29, 1.82) is 5.26 Å². The number of thiophene rings is 1. The first-order valence-electron chi connectivity index (χ1n) is 10.8. The summed E-state index contributed by atoms with van der Waals surface area (Å²) >= 11 is 8.45. The normalized spacial score (nSPS) is 13.5. The number of nitrogens with one attached hydrogen (secondary N) is 2. The van der Waals surface area contributed by atoms with Crippen LogP contribution in [0.25, 0.3) is 10.4 Å². The number of ketones is 1. The average Bonchev–Trinajstić information content (AvgIpc) is 3.41. The third kappa shape index (κ3) is 5.04. The van der Waals surface area contributed by atoms with Gasteiger partial charge in [-0.25, -0.2) is 0 Å². The zero-order valence-corrected chi connectivity index (χ0v) is 19.8. The maximum absolute atomic E-state index is 13.4. The molecule has 6 nitrogen and oxygen atoms in total. The van der Waals surface area contributed by atoms with Gasteiger partial charge in [-0.2, -0.15) is 5.26 Å². The van der Waals surface area contributed by atoms with Crippen LogP contribution in [-0.2, 0) is 21.5 Å². The zero-order chi connectivity index (χ0) is 24.1. The Balaban J connectivity index is 1.50. The van der Waals surface area contributed by atoms with Gasteiger partial charge in [0.05, 0.1) is 11.1 Å². The summed E-state index contributed by atoms with van der Waals surface area (Å²) < 4.78 is 0. The minimum atomic E-state index is -0.887. The van der Waals surface area contributed by atoms with Crippen molar-refractivity contribution in [1.82, 2.24) is 10.6 Å². The summed E-state index contributed by atoms with van der Waals surface area (Å²) in [4.78, 5) is 38.1. The largest absolute Gasteiger partial charge is 0.344 e. The number of hydrogen-bond acceptors (Lipinski definition) is 5. The fourth-order valence-corrected chi connectivity index (χ4v) is 5.30. The molecule has 4 rings (SSSR count). The summed E-state index contributed by atoms with van der Waals surface area (Å²) in [6.07, 6.45) is 2.07. The lowest BCUT2D eigenvalue weighted by atomic mass is 9.86. The number of hydrogen-bond donors (Lipinski definition) is 2. The predicted octanol–water partition coefficient (Wildman–Crippen LogP) is 4.63. The maximum atomic E-state index is 13.4. The minimum absolute atomic E-state index is 0.0301. The molecule has 172 valence electrons. The summed E-state index contributed by atoms with van der Waals surface area (Å²) in [6, 6.07) is 18.8. The quantitative estimate of drug-likeness (QED) is 0.272. The molecule has 3 aromatic rings. The first kappa shape index (κ1) is 23.7. The van der Waals surface area contributed by atoms with Crippen molar-refractivity contribution in [2.24, 2.45) is 0 Å². The minimum Gasteiger partial charge on any atom is -0.344 e. The number of nitriles is 1. The van der Waals surface area contributed by atoms with Crippen LogP contribution in [0.15, 0.2) is 60.0 Å². The number of carbonyl (C=O) groups is 3. The molecule has 8 heteroatoms. The predicted molar refractivity (Wildman–Crippen MR) is 132 cm³/mol. The highest BCUT2D eigenvalue weighted by Crippen LogP contribution is 2.55. The van der Waals surface area contributed by atoms with E-state index in [1.807, 2.05) is 35.7 Å². The number of carbonyl (C=O) groups excluding carboxylic acids is 3. The summed E-state index contributed by atoms with van der Waals surface area (Å²) in [6.45, 7) is -0.220. The lowest BCUT2D eigenvalue weighted by molar-refractivity contribution is -0.139. The van der Waals surface area contributed by atoms with E-state index in [2.05, 4.69) is 10.6 Å². The van der Waals surface area contributed by atoms with Gasteiger partial charge in [0.1, 0.15) is 6.54 Å². The van der Waals surface area contributed by atoms with Crippen LogP contribution in [0.1, 0.15) is 40.7 Å². The molecule has 1 aromatic heterocycles. The highest BCUT2D eigenvalue weighted by atomic mass is 35.5. The van der Waals surface area contributed by atoms with Gasteiger partial charge in [-0.15, -0.1) is 11.3 Å². The molecule has 0 spiro atoms. The van der Waals surface area contributed by atoms with Gasteiger partial charge >= 0.3 is 11.8 Å². The van der Waals surface area contributed by atoms with Crippen LogP contribution in [0.3, 0.4) is 0 Å². The van der Waals surface area contributed by atoms with Crippen molar-refractivity contribution < 1.29 is 14.4 Å². The van der Waals surface area contributed by atoms with Crippen molar-refractivity contribution in [3.63, 3.8) is 0 Å². The van der Waals surface area contributed by atoms with Crippen LogP contribution in [0.5, 0.6) is 0 Å². The maximum Gasteiger partial charge on any atom is 0.310 e. The molecule has 2 amide bonds. The fourth-order valence-electron chi connectivity index (χ4n) is 4.06. The first-order chi connectivity index (χ1) is 16.4. The van der Waals surface area contributed by atoms with E-state index in [9.17, 15) is 14.4 Å². The van der Waals surface area contributed by atoms with E-state index >= 15 is 0 Å². The molecule has 0 bridgehead atoms. The van der Waals surface area contributed by atoms with Gasteiger partial charge in [0, 0.05) is 34.4 Å². The number of Topliss-reactive ketones (excluding diaryl/α,β-unsaturated/α-hetero) is 1. The summed E-state index contributed by atoms with van der Waals surface area (Å²) in [7, 11) is 0. The van der Waals surface area contributed by atoms with Crippen molar-refractivity contribution in [3.8, 4) is 16.5 Å². The molecule has 2 N–H and O–H groups in total. The Labute approximate surface area is 206 Å². The molecule has 1 heterocycles. The SMILES string of the molecule is N#CCNC(=O)C(=O)NCc1ccccc1C(=O)CC1(c2cccc(-c3cccs3)c2Cl)CC1. The molecule has 1 aliphatic carbocycles. The zero-order valence-electron chi connectivity index (χ0n) is 18.3. The molecule has 1 aliphatic rings. The molecular weight excluding hydrogens is 470 g/mol. The van der Waals surface area contributed by atoms with E-state index in [0.29, 0.717) is 22.6 Å². The smallest absolute Gasteiger partial charge is 0.310 e. The Hall–Kier alpha value is -3.47. The monoisotopic (exact) mass is 491 g/mol. The Kier molecular flexibility index (Phi) is 7.11. The van der Waals surface area contributed by atoms with E-state index in [-0.39, 0.29) is 24.3 Å². The highest BCUT2D eigenvalue weighted by Gasteiger charge is 2.47. The van der Waals surface area contributed by atoms with Gasteiger partial charge in [0.15, 0.2) is 5.78 Å². The third-order valence-electron chi connectivity index (χ3n) is 6.00. The number of rotatable bonds is 8. The molecule has 1 saturated carbocycles. The standard InChI is InChI=1S/C26H22ClN3O3S/c27-23-19(22-9-4-14-34-22)7-3-8-20(23)26(10-11-26)15-21(31)18-6-2-1-5-17(18)16-30-25(33)24(32)29-13-12-28/h1-9,14H,10-11,13,15-16H2,(H,29,32)(H,30,33). The van der Waals surface area contributed by atoms with E-state index in [0.717, 1.165) is 28.8 Å². The van der Waals surface area contributed by atoms with E-state index < -0.39 is 11.8 Å². The topological polar surface area (TPSA) is 99.1 Å². The van der Waals surface area contributed by atoms with Crippen molar-refractivity contribution in [2.45, 2.75) is 31.2 Å². The lowest BCUT2D eigenvalue weighted by Gasteiger charge is -2.19. The van der Waals surface area contributed by atoms with Crippen LogP contribution in [0.2, 0.25) is 5.02 Å². The molecule has 0 aliphatic heterocycles. The van der Waals surface area contributed by atoms with Gasteiger partial charge < -0.3 is 10.6 Å². The van der Waals surface area contributed by atoms with Gasteiger partial charge in [-0.1, -0.05) is 60.1 Å². The second-order valence-electron chi connectivity index (χ2n) is 8.21. The Morgan fingerprint density at radius 3 is 2.47 bits per heavy atom. The number of halogens is 1. The van der Waals surface area contributed by atoms with Crippen LogP contribution in [0.4, 0.5) is 0 Å². The van der Waals surface area contributed by atoms with Crippen molar-refractivity contribution in [3.05, 3.63) is 81.7 Å². The summed E-state index contributed by atoms with van der Waals surface area (Å²) in [5.41, 5.74) is 2.81. The highest BCUT2D eigenvalue weighted by molar-refractivity contribution is 7.13. The Bertz CT molecular complexity index is 1280. The van der Waals surface area contributed by atoms with Gasteiger partial charge in [0.25, 0.3) is 0 Å². The molecule has 0 unspecified atom stereocenters. The van der Waals surface area contributed by atoms with E-state index in [4.69, 9.17) is 16.9 Å². The summed E-state index contributed by atoms with van der Waals surface area (Å²) in [5, 5.41) is 15.9. The van der Waals surface area contributed by atoms with E-state index in [1.165, 1.54) is 0 Å². The van der Waals surface area contributed by atoms with Gasteiger partial charge in [0.2, 0.25) is 0 Å². The number of amides is 2. The van der Waals surface area contributed by atoms with Crippen molar-refractivity contribution in [2.75, 3.05) is 6.54 Å². The fraction of sp³-hybridized carbons (Fsp3) is 0.231. The lowest BCUT2D eigenvalue weighted by Crippen LogP contribution is -2.39. The Morgan fingerprint density at radius 2 is 1.76 bits per heavy atom. The molecule has 0 atom stereocenters. The van der Waals surface area contributed by atoms with Crippen LogP contribution in [-0.4, -0.2) is 24.1 Å². The molecule has 0 saturated heterocycles. The van der Waals surface area contributed by atoms with Gasteiger partial charge in [-0.05, 0) is 35.4 Å². The number of benzene rings is 2. The molecule has 1 fully saturated rings. The molecular formula is C26H22ClN3O3S. The van der Waals surface area contributed by atoms with E-state index in [1.54, 1.807) is 41.7 Å². The molecule has 34 heavy (non-hydrogen) atoms. The molecule has 2 aromatic carbocycles. The first-order valence-corrected chi connectivity index (χ1v) is 12.1. The van der Waals surface area contributed by atoms with Crippen LogP contribution < -0.4 is 10.6 Å². The third-order valence-corrected chi connectivity index (χ3v) is 7.31. The van der Waals surface area contributed by atoms with Crippen molar-refractivity contribution >= 4 is 40.5 Å². The second-order valence-corrected chi connectivity index (χ2v) is 9.53. The molecule has 0 radical (unpaired) electrons. The van der Waals surface area contributed by atoms with Gasteiger partial charge in [-0.3, -0.25) is 14.4 Å². The average molecular weight is 492 g/mol. The number of nitrogens with zero attached hydrogens (tertiary/aromatic N) is 1. The van der Waals surface area contributed by atoms with Crippen LogP contribution in [0, 0.1) is 11.3 Å².